The predicted molar refractivity (Wildman–Crippen MR) is 74.1 cm³/mol. The fourth-order valence-electron chi connectivity index (χ4n) is 1.99. The van der Waals surface area contributed by atoms with Gasteiger partial charge in [0.25, 0.3) is 0 Å². The summed E-state index contributed by atoms with van der Waals surface area (Å²) in [7, 11) is 0. The molecule has 0 aromatic heterocycles. The average molecular weight is 291 g/mol. The van der Waals surface area contributed by atoms with Crippen LogP contribution in [0.2, 0.25) is 0 Å². The first-order chi connectivity index (χ1) is 8.08. The first-order valence-electron chi connectivity index (χ1n) is 5.58. The van der Waals surface area contributed by atoms with Crippen LogP contribution in [-0.4, -0.2) is 5.11 Å². The molecule has 0 aliphatic rings. The van der Waals surface area contributed by atoms with Crippen LogP contribution in [0.25, 0.3) is 0 Å². The third-order valence-corrected chi connectivity index (χ3v) is 3.38. The molecule has 2 aromatic carbocycles. The van der Waals surface area contributed by atoms with E-state index < -0.39 is 6.10 Å². The number of halogens is 1. The molecule has 0 aliphatic carbocycles. The molecule has 2 aromatic rings. The fraction of sp³-hybridized carbons (Fsp3) is 0.200. The molecule has 1 nitrogen and oxygen atoms in total. The summed E-state index contributed by atoms with van der Waals surface area (Å²) in [6.07, 6.45) is -0.562. The number of hydrogen-bond donors (Lipinski definition) is 1. The molecule has 1 atom stereocenters. The van der Waals surface area contributed by atoms with E-state index in [1.54, 1.807) is 0 Å². The van der Waals surface area contributed by atoms with Gasteiger partial charge in [-0.15, -0.1) is 0 Å². The molecule has 0 aliphatic heterocycles. The number of aliphatic hydroxyl groups is 1. The average Bonchev–Trinajstić information content (AvgIpc) is 2.28. The Morgan fingerprint density at radius 2 is 1.82 bits per heavy atom. The third-order valence-electron chi connectivity index (χ3n) is 2.88. The zero-order valence-corrected chi connectivity index (χ0v) is 11.5. The summed E-state index contributed by atoms with van der Waals surface area (Å²) in [5, 5.41) is 10.4. The van der Waals surface area contributed by atoms with Crippen molar-refractivity contribution in [2.24, 2.45) is 0 Å². The maximum absolute atomic E-state index is 10.4. The van der Waals surface area contributed by atoms with Gasteiger partial charge in [-0.3, -0.25) is 0 Å². The van der Waals surface area contributed by atoms with Crippen LogP contribution in [0.5, 0.6) is 0 Å². The van der Waals surface area contributed by atoms with Gasteiger partial charge in [0, 0.05) is 4.47 Å². The van der Waals surface area contributed by atoms with E-state index in [1.807, 2.05) is 43.3 Å². The number of aryl methyl sites for hydroxylation is 2. The summed E-state index contributed by atoms with van der Waals surface area (Å²) in [5.41, 5.74) is 4.21. The molecule has 2 heteroatoms. The van der Waals surface area contributed by atoms with E-state index in [1.165, 1.54) is 5.56 Å². The zero-order valence-electron chi connectivity index (χ0n) is 9.94. The lowest BCUT2D eigenvalue weighted by molar-refractivity contribution is 0.219. The van der Waals surface area contributed by atoms with Crippen LogP contribution in [0.4, 0.5) is 0 Å². The van der Waals surface area contributed by atoms with E-state index in [9.17, 15) is 5.11 Å². The van der Waals surface area contributed by atoms with Crippen LogP contribution in [0, 0.1) is 13.8 Å². The summed E-state index contributed by atoms with van der Waals surface area (Å²) >= 11 is 3.42. The molecular formula is C15H15BrO. The molecule has 0 unspecified atom stereocenters. The second-order valence-electron chi connectivity index (χ2n) is 4.32. The Morgan fingerprint density at radius 1 is 1.06 bits per heavy atom. The van der Waals surface area contributed by atoms with Crippen molar-refractivity contribution in [1.82, 2.24) is 0 Å². The van der Waals surface area contributed by atoms with Gasteiger partial charge in [0.15, 0.2) is 0 Å². The van der Waals surface area contributed by atoms with Gasteiger partial charge in [-0.2, -0.15) is 0 Å². The summed E-state index contributed by atoms with van der Waals surface area (Å²) in [5.74, 6) is 0. The van der Waals surface area contributed by atoms with Crippen molar-refractivity contribution in [3.05, 3.63) is 69.2 Å². The summed E-state index contributed by atoms with van der Waals surface area (Å²) in [6.45, 7) is 4.09. The highest BCUT2D eigenvalue weighted by Gasteiger charge is 2.12. The van der Waals surface area contributed by atoms with Crippen LogP contribution < -0.4 is 0 Å². The number of hydrogen-bond acceptors (Lipinski definition) is 1. The summed E-state index contributed by atoms with van der Waals surface area (Å²) in [4.78, 5) is 0. The van der Waals surface area contributed by atoms with Crippen LogP contribution in [0.15, 0.2) is 46.9 Å². The molecule has 0 bridgehead atoms. The monoisotopic (exact) mass is 290 g/mol. The van der Waals surface area contributed by atoms with Crippen molar-refractivity contribution in [3.63, 3.8) is 0 Å². The fourth-order valence-corrected chi connectivity index (χ4v) is 2.41. The molecule has 88 valence electrons. The Kier molecular flexibility index (Phi) is 3.65. The topological polar surface area (TPSA) is 20.2 Å². The van der Waals surface area contributed by atoms with Crippen LogP contribution >= 0.6 is 15.9 Å². The van der Waals surface area contributed by atoms with Crippen molar-refractivity contribution in [1.29, 1.82) is 0 Å². The lowest BCUT2D eigenvalue weighted by atomic mass is 9.96. The Hall–Kier alpha value is -1.12. The Labute approximate surface area is 110 Å². The highest BCUT2D eigenvalue weighted by molar-refractivity contribution is 9.10. The van der Waals surface area contributed by atoms with E-state index >= 15 is 0 Å². The van der Waals surface area contributed by atoms with Gasteiger partial charge in [-0.1, -0.05) is 51.8 Å². The standard InChI is InChI=1S/C15H15BrO/c1-10-6-7-14(11(2)8-10)15(17)12-4-3-5-13(16)9-12/h3-9,15,17H,1-2H3/t15-/m1/s1. The second kappa shape index (κ2) is 5.03. The molecule has 0 saturated carbocycles. The minimum atomic E-state index is -0.562. The highest BCUT2D eigenvalue weighted by Crippen LogP contribution is 2.27. The first-order valence-corrected chi connectivity index (χ1v) is 6.38. The third kappa shape index (κ3) is 2.76. The molecule has 0 radical (unpaired) electrons. The van der Waals surface area contributed by atoms with Gasteiger partial charge in [0.1, 0.15) is 6.10 Å². The van der Waals surface area contributed by atoms with Crippen molar-refractivity contribution < 1.29 is 5.11 Å². The Morgan fingerprint density at radius 3 is 2.47 bits per heavy atom. The van der Waals surface area contributed by atoms with Crippen LogP contribution in [0.3, 0.4) is 0 Å². The SMILES string of the molecule is Cc1ccc([C@H](O)c2cccc(Br)c2)c(C)c1. The van der Waals surface area contributed by atoms with Gasteiger partial charge in [0.05, 0.1) is 0 Å². The maximum atomic E-state index is 10.4. The Balaban J connectivity index is 2.40. The quantitative estimate of drug-likeness (QED) is 0.881. The van der Waals surface area contributed by atoms with E-state index in [4.69, 9.17) is 0 Å². The van der Waals surface area contributed by atoms with Gasteiger partial charge in [-0.25, -0.2) is 0 Å². The van der Waals surface area contributed by atoms with Crippen LogP contribution in [0.1, 0.15) is 28.4 Å². The van der Waals surface area contributed by atoms with Crippen molar-refractivity contribution >= 4 is 15.9 Å². The van der Waals surface area contributed by atoms with Crippen molar-refractivity contribution in [3.8, 4) is 0 Å². The minimum absolute atomic E-state index is 0.562. The van der Waals surface area contributed by atoms with E-state index in [0.29, 0.717) is 0 Å². The Bertz CT molecular complexity index is 534. The number of rotatable bonds is 2. The molecule has 0 amide bonds. The largest absolute Gasteiger partial charge is 0.384 e. The van der Waals surface area contributed by atoms with E-state index in [2.05, 4.69) is 28.9 Å². The lowest BCUT2D eigenvalue weighted by Gasteiger charge is -2.15. The molecule has 0 saturated heterocycles. The summed E-state index contributed by atoms with van der Waals surface area (Å²) < 4.78 is 0.985. The molecule has 17 heavy (non-hydrogen) atoms. The minimum Gasteiger partial charge on any atom is -0.384 e. The molecule has 2 rings (SSSR count). The molecule has 1 N–H and O–H groups in total. The lowest BCUT2D eigenvalue weighted by Crippen LogP contribution is -2.02. The van der Waals surface area contributed by atoms with E-state index in [0.717, 1.165) is 21.2 Å². The van der Waals surface area contributed by atoms with Crippen molar-refractivity contribution in [2.45, 2.75) is 20.0 Å². The zero-order chi connectivity index (χ0) is 12.4. The highest BCUT2D eigenvalue weighted by atomic mass is 79.9. The molecule has 0 spiro atoms. The van der Waals surface area contributed by atoms with Crippen molar-refractivity contribution in [2.75, 3.05) is 0 Å². The maximum Gasteiger partial charge on any atom is 0.104 e. The summed E-state index contributed by atoms with van der Waals surface area (Å²) in [6, 6.07) is 13.9. The molecular weight excluding hydrogens is 276 g/mol. The molecule has 0 fully saturated rings. The van der Waals surface area contributed by atoms with E-state index in [-0.39, 0.29) is 0 Å². The van der Waals surface area contributed by atoms with Gasteiger partial charge in [-0.05, 0) is 42.7 Å². The van der Waals surface area contributed by atoms with Gasteiger partial charge >= 0.3 is 0 Å². The number of benzene rings is 2. The van der Waals surface area contributed by atoms with Gasteiger partial charge in [0.2, 0.25) is 0 Å². The van der Waals surface area contributed by atoms with Crippen LogP contribution in [-0.2, 0) is 0 Å². The molecule has 0 heterocycles. The smallest absolute Gasteiger partial charge is 0.104 e. The normalized spacial score (nSPS) is 12.5. The second-order valence-corrected chi connectivity index (χ2v) is 5.23. The van der Waals surface area contributed by atoms with Gasteiger partial charge < -0.3 is 5.11 Å². The first kappa shape index (κ1) is 12.3. The predicted octanol–water partition coefficient (Wildman–Crippen LogP) is 4.15. The number of aliphatic hydroxyl groups excluding tert-OH is 1.